The molecule has 1 heterocycles. The summed E-state index contributed by atoms with van der Waals surface area (Å²) in [4.78, 5) is 53.1. The van der Waals surface area contributed by atoms with E-state index in [0.29, 0.717) is 17.7 Å². The molecule has 8 nitrogen and oxygen atoms in total. The van der Waals surface area contributed by atoms with Gasteiger partial charge in [0.05, 0.1) is 0 Å². The van der Waals surface area contributed by atoms with E-state index >= 15 is 0 Å². The quantitative estimate of drug-likeness (QED) is 0.600. The van der Waals surface area contributed by atoms with Gasteiger partial charge in [-0.25, -0.2) is 4.79 Å². The molecule has 1 atom stereocenters. The molecule has 8 heteroatoms. The molecule has 2 N–H and O–H groups in total. The van der Waals surface area contributed by atoms with Crippen molar-refractivity contribution < 1.29 is 9.59 Å². The minimum Gasteiger partial charge on any atom is -0.342 e. The first kappa shape index (κ1) is 21.8. The zero-order valence-electron chi connectivity index (χ0n) is 17.4. The summed E-state index contributed by atoms with van der Waals surface area (Å²) in [6.07, 6.45) is 1.62. The topological polar surface area (TPSA) is 104 Å². The first-order valence-electron chi connectivity index (χ1n) is 9.81. The van der Waals surface area contributed by atoms with Crippen LogP contribution in [0.5, 0.6) is 0 Å². The smallest absolute Gasteiger partial charge is 0.328 e. The predicted molar refractivity (Wildman–Crippen MR) is 118 cm³/mol. The van der Waals surface area contributed by atoms with Crippen molar-refractivity contribution in [1.29, 1.82) is 0 Å². The van der Waals surface area contributed by atoms with Crippen molar-refractivity contribution in [2.24, 2.45) is 0 Å². The Balaban J connectivity index is 1.81. The van der Waals surface area contributed by atoms with E-state index in [9.17, 15) is 19.2 Å². The molecule has 0 bridgehead atoms. The average molecular weight is 420 g/mol. The van der Waals surface area contributed by atoms with Gasteiger partial charge in [-0.1, -0.05) is 48.5 Å². The standard InChI is InChI=1S/C23H24N4O4/c1-16-14-27(23(31)25-21(16)29)15-20(28)24-19(13-17-9-5-3-6-10-17)22(30)26(2)18-11-7-4-8-12-18/h3-12,14,19H,13,15H2,1-2H3,(H,24,28)(H,25,29,31). The number of amides is 2. The number of para-hydroxylation sites is 1. The van der Waals surface area contributed by atoms with Crippen molar-refractivity contribution in [3.05, 3.63) is 98.8 Å². The van der Waals surface area contributed by atoms with Crippen molar-refractivity contribution in [1.82, 2.24) is 14.9 Å². The molecule has 31 heavy (non-hydrogen) atoms. The van der Waals surface area contributed by atoms with E-state index < -0.39 is 23.2 Å². The number of H-pyrrole nitrogens is 1. The van der Waals surface area contributed by atoms with Crippen LogP contribution in [0.15, 0.2) is 76.4 Å². The first-order chi connectivity index (χ1) is 14.8. The number of aromatic nitrogens is 2. The minimum atomic E-state index is -0.834. The van der Waals surface area contributed by atoms with Crippen molar-refractivity contribution in [3.8, 4) is 0 Å². The number of aromatic amines is 1. The van der Waals surface area contributed by atoms with E-state index in [4.69, 9.17) is 0 Å². The molecule has 1 aromatic heterocycles. The van der Waals surface area contributed by atoms with Crippen molar-refractivity contribution in [2.75, 3.05) is 11.9 Å². The molecule has 2 amide bonds. The summed E-state index contributed by atoms with van der Waals surface area (Å²) in [5.41, 5.74) is 0.724. The van der Waals surface area contributed by atoms with Gasteiger partial charge in [0.1, 0.15) is 12.6 Å². The van der Waals surface area contributed by atoms with Gasteiger partial charge in [0.15, 0.2) is 0 Å². The second-order valence-corrected chi connectivity index (χ2v) is 7.24. The fourth-order valence-corrected chi connectivity index (χ4v) is 3.19. The molecule has 0 radical (unpaired) electrons. The van der Waals surface area contributed by atoms with Crippen LogP contribution in [0.2, 0.25) is 0 Å². The van der Waals surface area contributed by atoms with Crippen LogP contribution in [-0.2, 0) is 22.6 Å². The highest BCUT2D eigenvalue weighted by Gasteiger charge is 2.25. The summed E-state index contributed by atoms with van der Waals surface area (Å²) < 4.78 is 1.11. The molecule has 2 aromatic carbocycles. The molecule has 0 saturated heterocycles. The third-order valence-corrected chi connectivity index (χ3v) is 4.89. The highest BCUT2D eigenvalue weighted by atomic mass is 16.2. The Morgan fingerprint density at radius 1 is 1.03 bits per heavy atom. The van der Waals surface area contributed by atoms with Crippen LogP contribution in [-0.4, -0.2) is 34.5 Å². The number of carbonyl (C=O) groups excluding carboxylic acids is 2. The molecule has 0 spiro atoms. The Kier molecular flexibility index (Phi) is 6.81. The molecule has 160 valence electrons. The molecule has 0 fully saturated rings. The van der Waals surface area contributed by atoms with Crippen LogP contribution in [0.3, 0.4) is 0 Å². The number of aryl methyl sites for hydroxylation is 1. The van der Waals surface area contributed by atoms with Crippen molar-refractivity contribution in [2.45, 2.75) is 25.9 Å². The second-order valence-electron chi connectivity index (χ2n) is 7.24. The number of hydrogen-bond acceptors (Lipinski definition) is 4. The highest BCUT2D eigenvalue weighted by molar-refractivity contribution is 5.98. The summed E-state index contributed by atoms with van der Waals surface area (Å²) in [6, 6.07) is 17.7. The van der Waals surface area contributed by atoms with Gasteiger partial charge >= 0.3 is 5.69 Å². The zero-order valence-corrected chi connectivity index (χ0v) is 17.4. The van der Waals surface area contributed by atoms with E-state index in [0.717, 1.165) is 10.1 Å². The summed E-state index contributed by atoms with van der Waals surface area (Å²) in [7, 11) is 1.65. The van der Waals surface area contributed by atoms with E-state index in [1.807, 2.05) is 60.7 Å². The van der Waals surface area contributed by atoms with Gasteiger partial charge in [-0.05, 0) is 24.6 Å². The molecular formula is C23H24N4O4. The lowest BCUT2D eigenvalue weighted by Gasteiger charge is -2.25. The minimum absolute atomic E-state index is 0.284. The van der Waals surface area contributed by atoms with E-state index in [-0.39, 0.29) is 12.5 Å². The number of likely N-dealkylation sites (N-methyl/N-ethyl adjacent to an activating group) is 1. The summed E-state index contributed by atoms with van der Waals surface area (Å²) >= 11 is 0. The predicted octanol–water partition coefficient (Wildman–Crippen LogP) is 1.24. The highest BCUT2D eigenvalue weighted by Crippen LogP contribution is 2.14. The van der Waals surface area contributed by atoms with Crippen molar-refractivity contribution in [3.63, 3.8) is 0 Å². The first-order valence-corrected chi connectivity index (χ1v) is 9.81. The summed E-state index contributed by atoms with van der Waals surface area (Å²) in [5.74, 6) is -0.794. The van der Waals surface area contributed by atoms with Gasteiger partial charge in [0, 0.05) is 30.9 Å². The summed E-state index contributed by atoms with van der Waals surface area (Å²) in [5, 5.41) is 2.74. The number of rotatable bonds is 7. The largest absolute Gasteiger partial charge is 0.342 e. The fourth-order valence-electron chi connectivity index (χ4n) is 3.19. The number of nitrogens with one attached hydrogen (secondary N) is 2. The number of nitrogens with zero attached hydrogens (tertiary/aromatic N) is 2. The lowest BCUT2D eigenvalue weighted by Crippen LogP contribution is -2.50. The van der Waals surface area contributed by atoms with Crippen LogP contribution in [0.25, 0.3) is 0 Å². The van der Waals surface area contributed by atoms with Crippen molar-refractivity contribution >= 4 is 17.5 Å². The molecule has 0 aliphatic heterocycles. The number of carbonyl (C=O) groups is 2. The fraction of sp³-hybridized carbons (Fsp3) is 0.217. The average Bonchev–Trinajstić information content (AvgIpc) is 2.77. The maximum Gasteiger partial charge on any atom is 0.328 e. The third kappa shape index (κ3) is 5.57. The normalized spacial score (nSPS) is 11.5. The lowest BCUT2D eigenvalue weighted by molar-refractivity contribution is -0.127. The van der Waals surface area contributed by atoms with Crippen LogP contribution < -0.4 is 21.5 Å². The van der Waals surface area contributed by atoms with Crippen LogP contribution in [0.4, 0.5) is 5.69 Å². The molecule has 3 rings (SSSR count). The molecule has 0 aliphatic carbocycles. The van der Waals surface area contributed by atoms with E-state index in [1.165, 1.54) is 11.1 Å². The maximum absolute atomic E-state index is 13.2. The Labute approximate surface area is 179 Å². The molecule has 1 unspecified atom stereocenters. The SMILES string of the molecule is Cc1cn(CC(=O)NC(Cc2ccccc2)C(=O)N(C)c2ccccc2)c(=O)[nH]c1=O. The Morgan fingerprint density at radius 3 is 2.29 bits per heavy atom. The van der Waals surface area contributed by atoms with E-state index in [1.54, 1.807) is 14.0 Å². The number of benzene rings is 2. The zero-order chi connectivity index (χ0) is 22.4. The number of anilines is 1. The number of hydrogen-bond donors (Lipinski definition) is 2. The molecular weight excluding hydrogens is 396 g/mol. The maximum atomic E-state index is 13.2. The van der Waals surface area contributed by atoms with Crippen LogP contribution >= 0.6 is 0 Å². The second kappa shape index (κ2) is 9.71. The monoisotopic (exact) mass is 420 g/mol. The van der Waals surface area contributed by atoms with Gasteiger partial charge in [-0.15, -0.1) is 0 Å². The van der Waals surface area contributed by atoms with E-state index in [2.05, 4.69) is 10.3 Å². The van der Waals surface area contributed by atoms with Gasteiger partial charge in [0.2, 0.25) is 11.8 Å². The third-order valence-electron chi connectivity index (χ3n) is 4.89. The lowest BCUT2D eigenvalue weighted by atomic mass is 10.0. The van der Waals surface area contributed by atoms with Gasteiger partial charge in [0.25, 0.3) is 5.56 Å². The molecule has 0 saturated carbocycles. The molecule has 3 aromatic rings. The van der Waals surface area contributed by atoms with Gasteiger partial charge in [-0.3, -0.25) is 23.9 Å². The Morgan fingerprint density at radius 2 is 1.65 bits per heavy atom. The van der Waals surface area contributed by atoms with Gasteiger partial charge < -0.3 is 10.2 Å². The summed E-state index contributed by atoms with van der Waals surface area (Å²) in [6.45, 7) is 1.23. The Hall–Kier alpha value is -3.94. The van der Waals surface area contributed by atoms with Gasteiger partial charge in [-0.2, -0.15) is 0 Å². The van der Waals surface area contributed by atoms with Crippen LogP contribution in [0.1, 0.15) is 11.1 Å². The molecule has 0 aliphatic rings. The van der Waals surface area contributed by atoms with Crippen LogP contribution in [0, 0.1) is 6.92 Å². The Bertz CT molecular complexity index is 1170.